The van der Waals surface area contributed by atoms with Crippen molar-refractivity contribution in [3.63, 3.8) is 0 Å². The minimum absolute atomic E-state index is 0.0534. The zero-order chi connectivity index (χ0) is 13.8. The van der Waals surface area contributed by atoms with Crippen molar-refractivity contribution in [2.45, 2.75) is 32.7 Å². The summed E-state index contributed by atoms with van der Waals surface area (Å²) >= 11 is 5.88. The Morgan fingerprint density at radius 3 is 2.74 bits per heavy atom. The molecule has 0 radical (unpaired) electrons. The smallest absolute Gasteiger partial charge is 0.251 e. The van der Waals surface area contributed by atoms with E-state index < -0.39 is 0 Å². The molecule has 0 aromatic carbocycles. The normalized spacial score (nSPS) is 17.4. The summed E-state index contributed by atoms with van der Waals surface area (Å²) in [4.78, 5) is 18.6. The summed E-state index contributed by atoms with van der Waals surface area (Å²) < 4.78 is 0. The first kappa shape index (κ1) is 14.3. The van der Waals surface area contributed by atoms with Crippen LogP contribution < -0.4 is 5.32 Å². The van der Waals surface area contributed by atoms with E-state index in [9.17, 15) is 4.79 Å². The van der Waals surface area contributed by atoms with Gasteiger partial charge in [-0.3, -0.25) is 4.79 Å². The highest BCUT2D eigenvalue weighted by Crippen LogP contribution is 2.13. The van der Waals surface area contributed by atoms with Crippen molar-refractivity contribution in [3.8, 4) is 0 Å². The van der Waals surface area contributed by atoms with E-state index in [4.69, 9.17) is 11.6 Å². The molecule has 19 heavy (non-hydrogen) atoms. The largest absolute Gasteiger partial charge is 0.349 e. The topological polar surface area (TPSA) is 45.2 Å². The predicted molar refractivity (Wildman–Crippen MR) is 76.6 cm³/mol. The highest BCUT2D eigenvalue weighted by molar-refractivity contribution is 6.29. The van der Waals surface area contributed by atoms with Gasteiger partial charge in [0.1, 0.15) is 5.15 Å². The molecule has 1 amide bonds. The second kappa shape index (κ2) is 6.35. The Morgan fingerprint density at radius 1 is 1.47 bits per heavy atom. The molecular formula is C14H20ClN3O. The molecule has 1 saturated heterocycles. The number of nitrogens with zero attached hydrogens (tertiary/aromatic N) is 2. The molecule has 1 fully saturated rings. The van der Waals surface area contributed by atoms with Crippen LogP contribution in [0.25, 0.3) is 0 Å². The SMILES string of the molecule is CCN1CCC(NC(=O)c2cc(C)nc(Cl)c2)CC1. The Kier molecular flexibility index (Phi) is 4.77. The zero-order valence-electron chi connectivity index (χ0n) is 11.4. The number of aryl methyl sites for hydroxylation is 1. The first-order valence-electron chi connectivity index (χ1n) is 6.76. The van der Waals surface area contributed by atoms with E-state index in [0.29, 0.717) is 10.7 Å². The van der Waals surface area contributed by atoms with Gasteiger partial charge < -0.3 is 10.2 Å². The van der Waals surface area contributed by atoms with Crippen molar-refractivity contribution in [2.75, 3.05) is 19.6 Å². The number of pyridine rings is 1. The van der Waals surface area contributed by atoms with Gasteiger partial charge in [-0.2, -0.15) is 0 Å². The van der Waals surface area contributed by atoms with Crippen LogP contribution in [0.1, 0.15) is 35.8 Å². The van der Waals surface area contributed by atoms with Crippen LogP contribution >= 0.6 is 11.6 Å². The van der Waals surface area contributed by atoms with Gasteiger partial charge in [0.05, 0.1) is 0 Å². The molecule has 0 bridgehead atoms. The van der Waals surface area contributed by atoms with Crippen LogP contribution in [-0.2, 0) is 0 Å². The molecular weight excluding hydrogens is 262 g/mol. The maximum atomic E-state index is 12.2. The van der Waals surface area contributed by atoms with Crippen LogP contribution in [0.4, 0.5) is 0 Å². The van der Waals surface area contributed by atoms with Crippen molar-refractivity contribution in [2.24, 2.45) is 0 Å². The van der Waals surface area contributed by atoms with Gasteiger partial charge in [-0.25, -0.2) is 4.98 Å². The Labute approximate surface area is 119 Å². The molecule has 0 saturated carbocycles. The van der Waals surface area contributed by atoms with Crippen molar-refractivity contribution in [1.29, 1.82) is 0 Å². The summed E-state index contributed by atoms with van der Waals surface area (Å²) in [7, 11) is 0. The molecule has 2 rings (SSSR count). The Morgan fingerprint density at radius 2 is 2.16 bits per heavy atom. The molecule has 0 aliphatic carbocycles. The third kappa shape index (κ3) is 3.91. The number of nitrogens with one attached hydrogen (secondary N) is 1. The summed E-state index contributed by atoms with van der Waals surface area (Å²) in [5, 5.41) is 3.45. The highest BCUT2D eigenvalue weighted by atomic mass is 35.5. The van der Waals surface area contributed by atoms with Crippen molar-refractivity contribution in [3.05, 3.63) is 28.5 Å². The average molecular weight is 282 g/mol. The van der Waals surface area contributed by atoms with E-state index in [2.05, 4.69) is 22.1 Å². The molecule has 1 aromatic heterocycles. The Hall–Kier alpha value is -1.13. The van der Waals surface area contributed by atoms with Crippen molar-refractivity contribution in [1.82, 2.24) is 15.2 Å². The molecule has 4 nitrogen and oxygen atoms in total. The van der Waals surface area contributed by atoms with Gasteiger partial charge in [0.15, 0.2) is 0 Å². The molecule has 1 aromatic rings. The number of halogens is 1. The number of aromatic nitrogens is 1. The zero-order valence-corrected chi connectivity index (χ0v) is 12.2. The lowest BCUT2D eigenvalue weighted by Gasteiger charge is -2.31. The maximum absolute atomic E-state index is 12.2. The molecule has 1 aliphatic rings. The molecule has 0 atom stereocenters. The number of carbonyl (C=O) groups is 1. The van der Waals surface area contributed by atoms with Gasteiger partial charge in [-0.15, -0.1) is 0 Å². The third-order valence-corrected chi connectivity index (χ3v) is 3.75. The number of hydrogen-bond acceptors (Lipinski definition) is 3. The van der Waals surface area contributed by atoms with Gasteiger partial charge in [0.2, 0.25) is 0 Å². The lowest BCUT2D eigenvalue weighted by Crippen LogP contribution is -2.44. The maximum Gasteiger partial charge on any atom is 0.251 e. The van der Waals surface area contributed by atoms with Crippen LogP contribution in [0.15, 0.2) is 12.1 Å². The Bertz CT molecular complexity index is 436. The number of piperidine rings is 1. The van der Waals surface area contributed by atoms with Crippen LogP contribution in [-0.4, -0.2) is 41.5 Å². The van der Waals surface area contributed by atoms with E-state index >= 15 is 0 Å². The predicted octanol–water partition coefficient (Wildman–Crippen LogP) is 2.26. The van der Waals surface area contributed by atoms with Crippen molar-refractivity contribution >= 4 is 17.5 Å². The summed E-state index contributed by atoms with van der Waals surface area (Å²) in [6, 6.07) is 3.65. The Balaban J connectivity index is 1.94. The number of carbonyl (C=O) groups excluding carboxylic acids is 1. The van der Waals surface area contributed by atoms with Gasteiger partial charge in [0.25, 0.3) is 5.91 Å². The second-order valence-electron chi connectivity index (χ2n) is 5.00. The van der Waals surface area contributed by atoms with Crippen LogP contribution in [0.3, 0.4) is 0 Å². The quantitative estimate of drug-likeness (QED) is 0.865. The number of likely N-dealkylation sites (tertiary alicyclic amines) is 1. The molecule has 1 aliphatic heterocycles. The number of amides is 1. The first-order valence-corrected chi connectivity index (χ1v) is 7.13. The second-order valence-corrected chi connectivity index (χ2v) is 5.39. The molecule has 1 N–H and O–H groups in total. The number of hydrogen-bond donors (Lipinski definition) is 1. The van der Waals surface area contributed by atoms with Crippen molar-refractivity contribution < 1.29 is 4.79 Å². The number of rotatable bonds is 3. The van der Waals surface area contributed by atoms with Gasteiger partial charge in [-0.1, -0.05) is 18.5 Å². The molecule has 0 spiro atoms. The molecule has 104 valence electrons. The lowest BCUT2D eigenvalue weighted by atomic mass is 10.0. The minimum atomic E-state index is -0.0534. The first-order chi connectivity index (χ1) is 9.08. The summed E-state index contributed by atoms with van der Waals surface area (Å²) in [5.41, 5.74) is 1.36. The fourth-order valence-electron chi connectivity index (χ4n) is 2.42. The van der Waals surface area contributed by atoms with Gasteiger partial charge >= 0.3 is 0 Å². The average Bonchev–Trinajstić information content (AvgIpc) is 2.38. The molecule has 2 heterocycles. The lowest BCUT2D eigenvalue weighted by molar-refractivity contribution is 0.0912. The van der Waals surface area contributed by atoms with E-state index in [1.165, 1.54) is 0 Å². The van der Waals surface area contributed by atoms with E-state index in [1.807, 2.05) is 6.92 Å². The van der Waals surface area contributed by atoms with Gasteiger partial charge in [0, 0.05) is 30.4 Å². The summed E-state index contributed by atoms with van der Waals surface area (Å²) in [6.45, 7) is 7.19. The van der Waals surface area contributed by atoms with Gasteiger partial charge in [-0.05, 0) is 38.4 Å². The molecule has 0 unspecified atom stereocenters. The highest BCUT2D eigenvalue weighted by Gasteiger charge is 2.20. The van der Waals surface area contributed by atoms with Crippen LogP contribution in [0.5, 0.6) is 0 Å². The summed E-state index contributed by atoms with van der Waals surface area (Å²) in [5.74, 6) is -0.0534. The third-order valence-electron chi connectivity index (χ3n) is 3.55. The van der Waals surface area contributed by atoms with E-state index in [1.54, 1.807) is 12.1 Å². The fraction of sp³-hybridized carbons (Fsp3) is 0.571. The fourth-order valence-corrected chi connectivity index (χ4v) is 2.67. The minimum Gasteiger partial charge on any atom is -0.349 e. The van der Waals surface area contributed by atoms with Crippen LogP contribution in [0.2, 0.25) is 5.15 Å². The van der Waals surface area contributed by atoms with E-state index in [-0.39, 0.29) is 11.9 Å². The van der Waals surface area contributed by atoms with Crippen LogP contribution in [0, 0.1) is 6.92 Å². The monoisotopic (exact) mass is 281 g/mol. The standard InChI is InChI=1S/C14H20ClN3O/c1-3-18-6-4-12(5-7-18)17-14(19)11-8-10(2)16-13(15)9-11/h8-9,12H,3-7H2,1-2H3,(H,17,19). The summed E-state index contributed by atoms with van der Waals surface area (Å²) in [6.07, 6.45) is 2.02. The molecule has 5 heteroatoms. The van der Waals surface area contributed by atoms with E-state index in [0.717, 1.165) is 38.2 Å².